The van der Waals surface area contributed by atoms with Gasteiger partial charge >= 0.3 is 0 Å². The predicted octanol–water partition coefficient (Wildman–Crippen LogP) is 1.05. The zero-order valence-corrected chi connectivity index (χ0v) is 11.5. The molecule has 1 aromatic carbocycles. The fourth-order valence-corrected chi connectivity index (χ4v) is 4.22. The molecule has 0 saturated carbocycles. The minimum absolute atomic E-state index is 0.00372. The maximum atomic E-state index is 12.0. The molecule has 2 rings (SSSR count). The van der Waals surface area contributed by atoms with Crippen LogP contribution in [0.15, 0.2) is 29.2 Å². The molecule has 18 heavy (non-hydrogen) atoms. The van der Waals surface area contributed by atoms with Crippen molar-refractivity contribution in [2.45, 2.75) is 36.8 Å². The number of rotatable bonds is 3. The van der Waals surface area contributed by atoms with Crippen molar-refractivity contribution >= 4 is 9.84 Å². The lowest BCUT2D eigenvalue weighted by Crippen LogP contribution is -2.50. The van der Waals surface area contributed by atoms with Gasteiger partial charge in [-0.2, -0.15) is 0 Å². The molecule has 1 aliphatic heterocycles. The van der Waals surface area contributed by atoms with Gasteiger partial charge in [-0.15, -0.1) is 0 Å². The number of fused-ring (bicyclic) bond motifs is 1. The quantitative estimate of drug-likeness (QED) is 0.861. The third kappa shape index (κ3) is 2.06. The summed E-state index contributed by atoms with van der Waals surface area (Å²) in [6, 6.07) is 6.57. The van der Waals surface area contributed by atoms with Gasteiger partial charge in [0.2, 0.25) is 0 Å². The van der Waals surface area contributed by atoms with Crippen LogP contribution in [0.25, 0.3) is 0 Å². The van der Waals surface area contributed by atoms with Gasteiger partial charge in [-0.25, -0.2) is 8.42 Å². The topological polar surface area (TPSA) is 66.4 Å². The highest BCUT2D eigenvalue weighted by Gasteiger charge is 2.43. The highest BCUT2D eigenvalue weighted by Crippen LogP contribution is 2.39. The van der Waals surface area contributed by atoms with E-state index < -0.39 is 15.4 Å². The molecule has 2 N–H and O–H groups in total. The smallest absolute Gasteiger partial charge is 0.178 e. The molecule has 0 bridgehead atoms. The van der Waals surface area contributed by atoms with Crippen molar-refractivity contribution in [2.75, 3.05) is 12.3 Å². The van der Waals surface area contributed by atoms with Gasteiger partial charge in [0.15, 0.2) is 9.84 Å². The largest absolute Gasteiger partial charge is 0.383 e. The molecule has 0 fully saturated rings. The lowest BCUT2D eigenvalue weighted by Gasteiger charge is -2.39. The normalized spacial score (nSPS) is 27.5. The summed E-state index contributed by atoms with van der Waals surface area (Å²) in [5, 5.41) is 14.0. The summed E-state index contributed by atoms with van der Waals surface area (Å²) in [5.74, 6) is -0.00372. The first-order valence-corrected chi connectivity index (χ1v) is 7.85. The molecule has 0 aromatic heterocycles. The Bertz CT molecular complexity index is 541. The van der Waals surface area contributed by atoms with E-state index in [9.17, 15) is 13.5 Å². The van der Waals surface area contributed by atoms with E-state index in [1.54, 1.807) is 24.3 Å². The molecule has 2 unspecified atom stereocenters. The predicted molar refractivity (Wildman–Crippen MR) is 70.1 cm³/mol. The van der Waals surface area contributed by atoms with Crippen LogP contribution in [0.1, 0.15) is 25.8 Å². The van der Waals surface area contributed by atoms with E-state index in [1.165, 1.54) is 0 Å². The lowest BCUT2D eigenvalue weighted by atomic mass is 9.84. The van der Waals surface area contributed by atoms with Gasteiger partial charge in [-0.1, -0.05) is 25.1 Å². The van der Waals surface area contributed by atoms with E-state index in [-0.39, 0.29) is 23.1 Å². The Morgan fingerprint density at radius 2 is 2.11 bits per heavy atom. The first-order chi connectivity index (χ1) is 8.42. The van der Waals surface area contributed by atoms with Crippen LogP contribution in [0.3, 0.4) is 0 Å². The van der Waals surface area contributed by atoms with Gasteiger partial charge in [0.25, 0.3) is 0 Å². The van der Waals surface area contributed by atoms with E-state index in [2.05, 4.69) is 5.32 Å². The number of benzene rings is 1. The van der Waals surface area contributed by atoms with Crippen LogP contribution in [0.5, 0.6) is 0 Å². The van der Waals surface area contributed by atoms with Crippen molar-refractivity contribution < 1.29 is 13.5 Å². The van der Waals surface area contributed by atoms with E-state index in [0.717, 1.165) is 6.54 Å². The molecule has 0 saturated heterocycles. The fourth-order valence-electron chi connectivity index (χ4n) is 2.55. The van der Waals surface area contributed by atoms with Crippen LogP contribution < -0.4 is 5.32 Å². The number of aliphatic hydroxyl groups is 1. The van der Waals surface area contributed by atoms with Crippen LogP contribution in [-0.4, -0.2) is 31.9 Å². The van der Waals surface area contributed by atoms with Crippen LogP contribution in [0.4, 0.5) is 0 Å². The molecule has 0 amide bonds. The van der Waals surface area contributed by atoms with Crippen LogP contribution in [0.2, 0.25) is 0 Å². The molecule has 4 nitrogen and oxygen atoms in total. The summed E-state index contributed by atoms with van der Waals surface area (Å²) < 4.78 is 24.0. The van der Waals surface area contributed by atoms with Crippen LogP contribution >= 0.6 is 0 Å². The third-order valence-electron chi connectivity index (χ3n) is 3.67. The molecule has 1 aromatic rings. The lowest BCUT2D eigenvalue weighted by molar-refractivity contribution is -0.00474. The van der Waals surface area contributed by atoms with Crippen LogP contribution in [-0.2, 0) is 15.4 Å². The first kappa shape index (κ1) is 13.5. The van der Waals surface area contributed by atoms with Crippen molar-refractivity contribution in [1.82, 2.24) is 5.32 Å². The maximum Gasteiger partial charge on any atom is 0.178 e. The Balaban J connectivity index is 2.55. The van der Waals surface area contributed by atoms with Crippen LogP contribution in [0, 0.1) is 0 Å². The first-order valence-electron chi connectivity index (χ1n) is 6.20. The van der Waals surface area contributed by atoms with E-state index in [1.807, 2.05) is 13.8 Å². The summed E-state index contributed by atoms with van der Waals surface area (Å²) in [5.41, 5.74) is -0.595. The molecular weight excluding hydrogens is 250 g/mol. The average Bonchev–Trinajstić information content (AvgIpc) is 2.35. The number of sulfone groups is 1. The second-order valence-corrected chi connectivity index (χ2v) is 6.85. The summed E-state index contributed by atoms with van der Waals surface area (Å²) in [7, 11) is -3.25. The Morgan fingerprint density at radius 3 is 2.78 bits per heavy atom. The zero-order valence-electron chi connectivity index (χ0n) is 10.7. The number of likely N-dealkylation sites (N-methyl/N-ethyl adjacent to an activating group) is 1. The molecule has 2 atom stereocenters. The standard InChI is InChI=1S/C13H19NO3S/c1-3-14-10(2)13(15)8-9-18(16,17)12-7-5-4-6-11(12)13/h4-7,10,14-15H,3,8-9H2,1-2H3. The number of hydrogen-bond acceptors (Lipinski definition) is 4. The minimum Gasteiger partial charge on any atom is -0.383 e. The van der Waals surface area contributed by atoms with Gasteiger partial charge < -0.3 is 10.4 Å². The maximum absolute atomic E-state index is 12.0. The van der Waals surface area contributed by atoms with E-state index in [0.29, 0.717) is 5.56 Å². The Kier molecular flexibility index (Phi) is 3.49. The minimum atomic E-state index is -3.25. The van der Waals surface area contributed by atoms with E-state index in [4.69, 9.17) is 0 Å². The second kappa shape index (κ2) is 4.64. The number of hydrogen-bond donors (Lipinski definition) is 2. The molecular formula is C13H19NO3S. The molecule has 1 heterocycles. The number of nitrogens with one attached hydrogen (secondary N) is 1. The van der Waals surface area contributed by atoms with Crippen molar-refractivity contribution in [2.24, 2.45) is 0 Å². The van der Waals surface area contributed by atoms with Gasteiger partial charge in [-0.05, 0) is 26.0 Å². The SMILES string of the molecule is CCNC(C)C1(O)CCS(=O)(=O)c2ccccc21. The average molecular weight is 269 g/mol. The monoisotopic (exact) mass is 269 g/mol. The molecule has 5 heteroatoms. The summed E-state index contributed by atoms with van der Waals surface area (Å²) >= 11 is 0. The molecule has 1 aliphatic rings. The molecule has 0 aliphatic carbocycles. The highest BCUT2D eigenvalue weighted by atomic mass is 32.2. The Hall–Kier alpha value is -0.910. The molecule has 100 valence electrons. The summed E-state index contributed by atoms with van der Waals surface area (Å²) in [6.45, 7) is 4.59. The van der Waals surface area contributed by atoms with Gasteiger partial charge in [0.05, 0.1) is 10.6 Å². The van der Waals surface area contributed by atoms with Crippen molar-refractivity contribution in [1.29, 1.82) is 0 Å². The molecule has 0 spiro atoms. The van der Waals surface area contributed by atoms with Crippen molar-refractivity contribution in [3.63, 3.8) is 0 Å². The van der Waals surface area contributed by atoms with Gasteiger partial charge in [0, 0.05) is 11.6 Å². The van der Waals surface area contributed by atoms with Gasteiger partial charge in [-0.3, -0.25) is 0 Å². The highest BCUT2D eigenvalue weighted by molar-refractivity contribution is 7.91. The second-order valence-electron chi connectivity index (χ2n) is 4.77. The molecule has 0 radical (unpaired) electrons. The summed E-state index contributed by atoms with van der Waals surface area (Å²) in [6.07, 6.45) is 0.237. The Labute approximate surface area is 108 Å². The summed E-state index contributed by atoms with van der Waals surface area (Å²) in [4.78, 5) is 0.267. The third-order valence-corrected chi connectivity index (χ3v) is 5.43. The fraction of sp³-hybridized carbons (Fsp3) is 0.538. The Morgan fingerprint density at radius 1 is 1.44 bits per heavy atom. The van der Waals surface area contributed by atoms with Crippen molar-refractivity contribution in [3.05, 3.63) is 29.8 Å². The van der Waals surface area contributed by atoms with Crippen molar-refractivity contribution in [3.8, 4) is 0 Å². The van der Waals surface area contributed by atoms with Gasteiger partial charge in [0.1, 0.15) is 5.60 Å². The van der Waals surface area contributed by atoms with E-state index >= 15 is 0 Å². The zero-order chi connectivity index (χ0) is 13.4.